The van der Waals surface area contributed by atoms with Crippen molar-refractivity contribution in [1.82, 2.24) is 4.90 Å². The number of benzene rings is 1. The molecule has 1 saturated heterocycles. The molecule has 0 aromatic heterocycles. The summed E-state index contributed by atoms with van der Waals surface area (Å²) in [4.78, 5) is 2.58. The molecule has 2 rings (SSSR count). The van der Waals surface area contributed by atoms with Crippen LogP contribution >= 0.6 is 31.9 Å². The van der Waals surface area contributed by atoms with Crippen LogP contribution < -0.4 is 5.73 Å². The summed E-state index contributed by atoms with van der Waals surface area (Å²) in [5.41, 5.74) is 7.83. The largest absolute Gasteiger partial charge is 0.326 e. The molecule has 0 bridgehead atoms. The van der Waals surface area contributed by atoms with Crippen LogP contribution in [0.15, 0.2) is 27.1 Å². The first-order valence-electron chi connectivity index (χ1n) is 7.43. The van der Waals surface area contributed by atoms with E-state index in [-0.39, 0.29) is 6.04 Å². The predicted molar refractivity (Wildman–Crippen MR) is 92.8 cm³/mol. The summed E-state index contributed by atoms with van der Waals surface area (Å²) < 4.78 is 2.20. The first-order valence-corrected chi connectivity index (χ1v) is 9.02. The maximum atomic E-state index is 6.50. The molecule has 0 aliphatic carbocycles. The molecule has 0 saturated carbocycles. The van der Waals surface area contributed by atoms with Crippen LogP contribution in [0.3, 0.4) is 0 Å². The summed E-state index contributed by atoms with van der Waals surface area (Å²) >= 11 is 7.16. The standard InChI is InChI=1S/C16H24Br2N2/c1-11(2)10-20-8-4-3-5-15(19)16(20)12-6-7-13(17)14(18)9-12/h6-7,9,11,15-16H,3-5,8,10,19H2,1-2H3. The fraction of sp³-hybridized carbons (Fsp3) is 0.625. The number of hydrogen-bond acceptors (Lipinski definition) is 2. The minimum Gasteiger partial charge on any atom is -0.326 e. The SMILES string of the molecule is CC(C)CN1CCCCC(N)C1c1ccc(Br)c(Br)c1. The van der Waals surface area contributed by atoms with E-state index in [0.29, 0.717) is 12.0 Å². The summed E-state index contributed by atoms with van der Waals surface area (Å²) in [5, 5.41) is 0. The van der Waals surface area contributed by atoms with Gasteiger partial charge in [0.05, 0.1) is 0 Å². The Bertz CT molecular complexity index is 448. The van der Waals surface area contributed by atoms with E-state index in [9.17, 15) is 0 Å². The van der Waals surface area contributed by atoms with E-state index in [2.05, 4.69) is 68.8 Å². The monoisotopic (exact) mass is 402 g/mol. The Morgan fingerprint density at radius 2 is 2.00 bits per heavy atom. The molecule has 0 spiro atoms. The topological polar surface area (TPSA) is 29.3 Å². The molecule has 20 heavy (non-hydrogen) atoms. The average Bonchev–Trinajstić information content (AvgIpc) is 2.54. The van der Waals surface area contributed by atoms with Gasteiger partial charge in [-0.05, 0) is 74.9 Å². The number of rotatable bonds is 3. The summed E-state index contributed by atoms with van der Waals surface area (Å²) in [6.45, 7) is 6.84. The van der Waals surface area contributed by atoms with Crippen LogP contribution in [0.5, 0.6) is 0 Å². The maximum Gasteiger partial charge on any atom is 0.0499 e. The molecule has 1 aliphatic rings. The van der Waals surface area contributed by atoms with E-state index in [1.54, 1.807) is 0 Å². The van der Waals surface area contributed by atoms with Gasteiger partial charge in [-0.2, -0.15) is 0 Å². The van der Waals surface area contributed by atoms with Crippen molar-refractivity contribution in [2.75, 3.05) is 13.1 Å². The fourth-order valence-corrected chi connectivity index (χ4v) is 3.73. The zero-order chi connectivity index (χ0) is 14.7. The summed E-state index contributed by atoms with van der Waals surface area (Å²) in [6, 6.07) is 7.10. The Hall–Kier alpha value is 0.1000. The molecular formula is C16H24Br2N2. The van der Waals surface area contributed by atoms with Crippen LogP contribution in [-0.4, -0.2) is 24.0 Å². The van der Waals surface area contributed by atoms with E-state index in [0.717, 1.165) is 28.5 Å². The van der Waals surface area contributed by atoms with E-state index < -0.39 is 0 Å². The first kappa shape index (κ1) is 16.5. The summed E-state index contributed by atoms with van der Waals surface area (Å²) in [6.07, 6.45) is 3.62. The van der Waals surface area contributed by atoms with Crippen LogP contribution in [0.25, 0.3) is 0 Å². The number of likely N-dealkylation sites (tertiary alicyclic amines) is 1. The second kappa shape index (κ2) is 7.39. The summed E-state index contributed by atoms with van der Waals surface area (Å²) in [5.74, 6) is 0.668. The highest BCUT2D eigenvalue weighted by molar-refractivity contribution is 9.13. The van der Waals surface area contributed by atoms with Crippen molar-refractivity contribution in [3.63, 3.8) is 0 Å². The van der Waals surface area contributed by atoms with Crippen LogP contribution in [0, 0.1) is 5.92 Å². The van der Waals surface area contributed by atoms with Gasteiger partial charge < -0.3 is 5.73 Å². The Morgan fingerprint density at radius 3 is 2.65 bits per heavy atom. The van der Waals surface area contributed by atoms with Gasteiger partial charge in [-0.1, -0.05) is 26.3 Å². The van der Waals surface area contributed by atoms with E-state index in [1.165, 1.54) is 18.4 Å². The van der Waals surface area contributed by atoms with Crippen LogP contribution in [0.4, 0.5) is 0 Å². The lowest BCUT2D eigenvalue weighted by Crippen LogP contribution is -2.41. The smallest absolute Gasteiger partial charge is 0.0499 e. The van der Waals surface area contributed by atoms with Gasteiger partial charge in [-0.3, -0.25) is 4.90 Å². The number of nitrogens with two attached hydrogens (primary N) is 1. The molecule has 2 nitrogen and oxygen atoms in total. The lowest BCUT2D eigenvalue weighted by atomic mass is 9.96. The third-order valence-electron chi connectivity index (χ3n) is 3.92. The molecule has 0 amide bonds. The highest BCUT2D eigenvalue weighted by Gasteiger charge is 2.29. The molecule has 1 aliphatic heterocycles. The third kappa shape index (κ3) is 4.06. The maximum absolute atomic E-state index is 6.50. The molecule has 2 N–H and O–H groups in total. The zero-order valence-electron chi connectivity index (χ0n) is 12.3. The highest BCUT2D eigenvalue weighted by Crippen LogP contribution is 2.33. The number of hydrogen-bond donors (Lipinski definition) is 1. The van der Waals surface area contributed by atoms with Crippen molar-refractivity contribution in [2.24, 2.45) is 11.7 Å². The van der Waals surface area contributed by atoms with Gasteiger partial charge in [0, 0.05) is 27.6 Å². The fourth-order valence-electron chi connectivity index (χ4n) is 3.09. The van der Waals surface area contributed by atoms with Gasteiger partial charge in [-0.15, -0.1) is 0 Å². The van der Waals surface area contributed by atoms with E-state index in [1.807, 2.05) is 0 Å². The Morgan fingerprint density at radius 1 is 1.25 bits per heavy atom. The minimum absolute atomic E-state index is 0.226. The Balaban J connectivity index is 2.31. The van der Waals surface area contributed by atoms with Crippen molar-refractivity contribution in [2.45, 2.75) is 45.2 Å². The Kier molecular flexibility index (Phi) is 6.09. The second-order valence-corrected chi connectivity index (χ2v) is 7.88. The molecule has 1 aromatic rings. The predicted octanol–water partition coefficient (Wildman–Crippen LogP) is 4.72. The third-order valence-corrected chi connectivity index (χ3v) is 5.80. The molecule has 1 aromatic carbocycles. The van der Waals surface area contributed by atoms with Crippen LogP contribution in [0.1, 0.15) is 44.7 Å². The quantitative estimate of drug-likeness (QED) is 0.790. The minimum atomic E-state index is 0.226. The number of nitrogens with zero attached hydrogens (tertiary/aromatic N) is 1. The van der Waals surface area contributed by atoms with Crippen LogP contribution in [0.2, 0.25) is 0 Å². The van der Waals surface area contributed by atoms with Crippen molar-refractivity contribution >= 4 is 31.9 Å². The van der Waals surface area contributed by atoms with Crippen LogP contribution in [-0.2, 0) is 0 Å². The molecule has 2 unspecified atom stereocenters. The average molecular weight is 404 g/mol. The molecule has 1 fully saturated rings. The first-order chi connectivity index (χ1) is 9.49. The van der Waals surface area contributed by atoms with Crippen molar-refractivity contribution in [3.05, 3.63) is 32.7 Å². The van der Waals surface area contributed by atoms with Crippen molar-refractivity contribution in [3.8, 4) is 0 Å². The molecule has 2 atom stereocenters. The van der Waals surface area contributed by atoms with E-state index in [4.69, 9.17) is 5.73 Å². The van der Waals surface area contributed by atoms with Gasteiger partial charge in [0.25, 0.3) is 0 Å². The van der Waals surface area contributed by atoms with E-state index >= 15 is 0 Å². The van der Waals surface area contributed by atoms with Gasteiger partial charge in [0.1, 0.15) is 0 Å². The van der Waals surface area contributed by atoms with Gasteiger partial charge in [-0.25, -0.2) is 0 Å². The lowest BCUT2D eigenvalue weighted by Gasteiger charge is -2.35. The van der Waals surface area contributed by atoms with Gasteiger partial charge >= 0.3 is 0 Å². The van der Waals surface area contributed by atoms with Gasteiger partial charge in [0.2, 0.25) is 0 Å². The molecular weight excluding hydrogens is 380 g/mol. The molecule has 4 heteroatoms. The normalized spacial score (nSPS) is 24.9. The molecule has 1 heterocycles. The molecule has 112 valence electrons. The zero-order valence-corrected chi connectivity index (χ0v) is 15.5. The Labute approximate surface area is 139 Å². The number of halogens is 2. The van der Waals surface area contributed by atoms with Crippen molar-refractivity contribution in [1.29, 1.82) is 0 Å². The van der Waals surface area contributed by atoms with Gasteiger partial charge in [0.15, 0.2) is 0 Å². The summed E-state index contributed by atoms with van der Waals surface area (Å²) in [7, 11) is 0. The second-order valence-electron chi connectivity index (χ2n) is 6.17. The highest BCUT2D eigenvalue weighted by atomic mass is 79.9. The molecule has 0 radical (unpaired) electrons. The lowest BCUT2D eigenvalue weighted by molar-refractivity contribution is 0.165. The van der Waals surface area contributed by atoms with Crippen molar-refractivity contribution < 1.29 is 0 Å².